The average molecular weight is 318 g/mol. The molecule has 0 aromatic carbocycles. The quantitative estimate of drug-likeness (QED) is 0.829. The lowest BCUT2D eigenvalue weighted by molar-refractivity contribution is 0.434. The van der Waals surface area contributed by atoms with Crippen LogP contribution in [0.4, 0.5) is 0 Å². The maximum atomic E-state index is 12.2. The summed E-state index contributed by atoms with van der Waals surface area (Å²) < 4.78 is 26.2. The van der Waals surface area contributed by atoms with Gasteiger partial charge in [0.05, 0.1) is 6.07 Å². The molecule has 0 saturated heterocycles. The van der Waals surface area contributed by atoms with Crippen LogP contribution < -0.4 is 0 Å². The number of pyridine rings is 1. The molecule has 0 bridgehead atoms. The molecule has 7 heteroatoms. The maximum Gasteiger partial charge on any atom is 0.244 e. The van der Waals surface area contributed by atoms with Crippen molar-refractivity contribution in [3.8, 4) is 6.07 Å². The van der Waals surface area contributed by atoms with Gasteiger partial charge in [-0.05, 0) is 22.0 Å². The van der Waals surface area contributed by atoms with E-state index in [4.69, 9.17) is 5.26 Å². The van der Waals surface area contributed by atoms with E-state index in [0.717, 1.165) is 0 Å². The van der Waals surface area contributed by atoms with Crippen molar-refractivity contribution in [1.29, 1.82) is 5.26 Å². The molecular formula is C10H12BrN3O2S. The highest BCUT2D eigenvalue weighted by Gasteiger charge is 2.23. The molecule has 1 rings (SSSR count). The van der Waals surface area contributed by atoms with Crippen LogP contribution in [0.3, 0.4) is 0 Å². The monoisotopic (exact) mass is 317 g/mol. The molecule has 0 amide bonds. The van der Waals surface area contributed by atoms with Crippen molar-refractivity contribution in [3.05, 3.63) is 22.9 Å². The highest BCUT2D eigenvalue weighted by Crippen LogP contribution is 2.18. The Morgan fingerprint density at radius 3 is 2.76 bits per heavy atom. The number of hydrogen-bond acceptors (Lipinski definition) is 4. The minimum atomic E-state index is -3.56. The molecule has 0 unspecified atom stereocenters. The third-order valence-corrected chi connectivity index (χ3v) is 4.52. The van der Waals surface area contributed by atoms with E-state index in [0.29, 0.717) is 11.0 Å². The largest absolute Gasteiger partial charge is 0.262 e. The average Bonchev–Trinajstić information content (AvgIpc) is 2.30. The van der Waals surface area contributed by atoms with Gasteiger partial charge < -0.3 is 0 Å². The predicted octanol–water partition coefficient (Wildman–Crippen LogP) is 1.77. The number of nitriles is 1. The fraction of sp³-hybridized carbons (Fsp3) is 0.400. The molecule has 0 fully saturated rings. The fourth-order valence-corrected chi connectivity index (χ4v) is 3.26. The van der Waals surface area contributed by atoms with Crippen molar-refractivity contribution in [2.75, 3.05) is 13.1 Å². The smallest absolute Gasteiger partial charge is 0.244 e. The van der Waals surface area contributed by atoms with Gasteiger partial charge in [0.15, 0.2) is 0 Å². The van der Waals surface area contributed by atoms with Crippen LogP contribution in [-0.2, 0) is 10.0 Å². The van der Waals surface area contributed by atoms with Crippen LogP contribution in [0.5, 0.6) is 0 Å². The first kappa shape index (κ1) is 14.1. The van der Waals surface area contributed by atoms with E-state index < -0.39 is 10.0 Å². The summed E-state index contributed by atoms with van der Waals surface area (Å²) in [5.74, 6) is 0. The normalized spacial score (nSPS) is 11.4. The van der Waals surface area contributed by atoms with Gasteiger partial charge in [-0.1, -0.05) is 6.92 Å². The van der Waals surface area contributed by atoms with Crippen LogP contribution in [0.1, 0.15) is 13.3 Å². The third kappa shape index (κ3) is 3.49. The molecule has 0 radical (unpaired) electrons. The van der Waals surface area contributed by atoms with Crippen LogP contribution >= 0.6 is 15.9 Å². The number of rotatable bonds is 5. The molecule has 1 aromatic rings. The molecule has 1 aromatic heterocycles. The lowest BCUT2D eigenvalue weighted by Gasteiger charge is -2.18. The Morgan fingerprint density at radius 1 is 1.53 bits per heavy atom. The zero-order chi connectivity index (χ0) is 12.9. The minimum Gasteiger partial charge on any atom is -0.262 e. The molecule has 0 N–H and O–H groups in total. The molecule has 0 saturated carbocycles. The van der Waals surface area contributed by atoms with Crippen LogP contribution in [-0.4, -0.2) is 30.8 Å². The first-order chi connectivity index (χ1) is 8.02. The SMILES string of the molecule is CCN(CCC#N)S(=O)(=O)c1cncc(Br)c1. The number of nitrogens with zero attached hydrogens (tertiary/aromatic N) is 3. The van der Waals surface area contributed by atoms with E-state index in [1.165, 1.54) is 22.8 Å². The summed E-state index contributed by atoms with van der Waals surface area (Å²) in [5, 5.41) is 8.50. The highest BCUT2D eigenvalue weighted by molar-refractivity contribution is 9.10. The second-order valence-electron chi connectivity index (χ2n) is 3.24. The number of halogens is 1. The van der Waals surface area contributed by atoms with Crippen molar-refractivity contribution >= 4 is 26.0 Å². The van der Waals surface area contributed by atoms with Crippen molar-refractivity contribution in [2.24, 2.45) is 0 Å². The van der Waals surface area contributed by atoms with Crippen LogP contribution in [0.25, 0.3) is 0 Å². The lowest BCUT2D eigenvalue weighted by atomic mass is 10.5. The first-order valence-corrected chi connectivity index (χ1v) is 7.23. The molecule has 17 heavy (non-hydrogen) atoms. The van der Waals surface area contributed by atoms with E-state index in [2.05, 4.69) is 20.9 Å². The molecule has 5 nitrogen and oxygen atoms in total. The Labute approximate surface area is 109 Å². The van der Waals surface area contributed by atoms with Crippen LogP contribution in [0.15, 0.2) is 27.8 Å². The summed E-state index contributed by atoms with van der Waals surface area (Å²) in [6.45, 7) is 2.26. The van der Waals surface area contributed by atoms with Gasteiger partial charge >= 0.3 is 0 Å². The van der Waals surface area contributed by atoms with Crippen molar-refractivity contribution in [1.82, 2.24) is 9.29 Å². The van der Waals surface area contributed by atoms with Gasteiger partial charge in [-0.15, -0.1) is 0 Å². The van der Waals surface area contributed by atoms with E-state index in [-0.39, 0.29) is 17.9 Å². The molecule has 0 atom stereocenters. The highest BCUT2D eigenvalue weighted by atomic mass is 79.9. The standard InChI is InChI=1S/C10H12BrN3O2S/c1-2-14(5-3-4-12)17(15,16)10-6-9(11)7-13-8-10/h6-8H,2-3,5H2,1H3. The summed E-state index contributed by atoms with van der Waals surface area (Å²) in [4.78, 5) is 3.96. The summed E-state index contributed by atoms with van der Waals surface area (Å²) in [5.41, 5.74) is 0. The van der Waals surface area contributed by atoms with Gasteiger partial charge in [0, 0.05) is 36.4 Å². The van der Waals surface area contributed by atoms with Gasteiger partial charge in [0.2, 0.25) is 10.0 Å². The molecule has 92 valence electrons. The van der Waals surface area contributed by atoms with Crippen molar-refractivity contribution < 1.29 is 8.42 Å². The summed E-state index contributed by atoms with van der Waals surface area (Å²) in [7, 11) is -3.56. The van der Waals surface area contributed by atoms with Crippen LogP contribution in [0.2, 0.25) is 0 Å². The minimum absolute atomic E-state index is 0.131. The predicted molar refractivity (Wildman–Crippen MR) is 66.6 cm³/mol. The number of aromatic nitrogens is 1. The van der Waals surface area contributed by atoms with Gasteiger partial charge in [0.1, 0.15) is 4.90 Å². The zero-order valence-corrected chi connectivity index (χ0v) is 11.7. The van der Waals surface area contributed by atoms with Gasteiger partial charge in [-0.2, -0.15) is 9.57 Å². The molecule has 0 aliphatic carbocycles. The van der Waals surface area contributed by atoms with E-state index in [1.807, 2.05) is 6.07 Å². The second kappa shape index (κ2) is 6.10. The Morgan fingerprint density at radius 2 is 2.24 bits per heavy atom. The number of hydrogen-bond donors (Lipinski definition) is 0. The Bertz CT molecular complexity index is 525. The Hall–Kier alpha value is -0.970. The molecule has 0 aliphatic rings. The van der Waals surface area contributed by atoms with Crippen LogP contribution in [0, 0.1) is 11.3 Å². The van der Waals surface area contributed by atoms with E-state index in [9.17, 15) is 8.42 Å². The first-order valence-electron chi connectivity index (χ1n) is 5.00. The van der Waals surface area contributed by atoms with Gasteiger partial charge in [-0.3, -0.25) is 4.98 Å². The Kier molecular flexibility index (Phi) is 5.05. The Balaban J connectivity index is 3.05. The fourth-order valence-electron chi connectivity index (χ4n) is 1.31. The third-order valence-electron chi connectivity index (χ3n) is 2.14. The zero-order valence-electron chi connectivity index (χ0n) is 9.30. The maximum absolute atomic E-state index is 12.2. The number of sulfonamides is 1. The van der Waals surface area contributed by atoms with Gasteiger partial charge in [0.25, 0.3) is 0 Å². The topological polar surface area (TPSA) is 74.1 Å². The molecule has 0 spiro atoms. The van der Waals surface area contributed by atoms with Gasteiger partial charge in [-0.25, -0.2) is 8.42 Å². The van der Waals surface area contributed by atoms with Crippen molar-refractivity contribution in [3.63, 3.8) is 0 Å². The van der Waals surface area contributed by atoms with Crippen molar-refractivity contribution in [2.45, 2.75) is 18.2 Å². The van der Waals surface area contributed by atoms with E-state index in [1.54, 1.807) is 6.92 Å². The summed E-state index contributed by atoms with van der Waals surface area (Å²) >= 11 is 3.18. The van der Waals surface area contributed by atoms with E-state index >= 15 is 0 Å². The molecular weight excluding hydrogens is 306 g/mol. The lowest BCUT2D eigenvalue weighted by Crippen LogP contribution is -2.31. The second-order valence-corrected chi connectivity index (χ2v) is 6.10. The summed E-state index contributed by atoms with van der Waals surface area (Å²) in [6, 6.07) is 3.43. The molecule has 1 heterocycles. The molecule has 0 aliphatic heterocycles. The summed E-state index contributed by atoms with van der Waals surface area (Å²) in [6.07, 6.45) is 2.99.